The standard InChI is InChI=1S/C11H9ClOS2/c12-11-4-3-10(15-11)7-8(13)6-9-2-1-5-14-9/h1-5H,6-7H2. The summed E-state index contributed by atoms with van der Waals surface area (Å²) < 4.78 is 0.744. The van der Waals surface area contributed by atoms with E-state index >= 15 is 0 Å². The summed E-state index contributed by atoms with van der Waals surface area (Å²) in [5.41, 5.74) is 0. The predicted molar refractivity (Wildman–Crippen MR) is 66.1 cm³/mol. The van der Waals surface area contributed by atoms with E-state index < -0.39 is 0 Å². The lowest BCUT2D eigenvalue weighted by molar-refractivity contribution is -0.117. The van der Waals surface area contributed by atoms with Gasteiger partial charge in [0, 0.05) is 22.6 Å². The van der Waals surface area contributed by atoms with Crippen LogP contribution in [0.5, 0.6) is 0 Å². The lowest BCUT2D eigenvalue weighted by atomic mass is 10.2. The van der Waals surface area contributed by atoms with Gasteiger partial charge in [-0.05, 0) is 23.6 Å². The van der Waals surface area contributed by atoms with Crippen molar-refractivity contribution in [2.45, 2.75) is 12.8 Å². The van der Waals surface area contributed by atoms with Gasteiger partial charge in [0.2, 0.25) is 0 Å². The molecule has 2 aromatic rings. The fourth-order valence-corrected chi connectivity index (χ4v) is 3.16. The molecule has 0 radical (unpaired) electrons. The first kappa shape index (κ1) is 10.9. The number of carbonyl (C=O) groups excluding carboxylic acids is 1. The van der Waals surface area contributed by atoms with Crippen molar-refractivity contribution in [3.63, 3.8) is 0 Å². The van der Waals surface area contributed by atoms with Crippen molar-refractivity contribution in [3.8, 4) is 0 Å². The average Bonchev–Trinajstić information content (AvgIpc) is 2.77. The van der Waals surface area contributed by atoms with Crippen molar-refractivity contribution in [2.24, 2.45) is 0 Å². The van der Waals surface area contributed by atoms with Crippen LogP contribution in [0.1, 0.15) is 9.75 Å². The van der Waals surface area contributed by atoms with Gasteiger partial charge in [-0.2, -0.15) is 0 Å². The molecule has 0 unspecified atom stereocenters. The second kappa shape index (κ2) is 4.92. The molecule has 0 aliphatic heterocycles. The second-order valence-corrected chi connectivity index (χ2v) is 6.01. The molecule has 0 saturated heterocycles. The molecule has 0 aromatic carbocycles. The van der Waals surface area contributed by atoms with Crippen molar-refractivity contribution in [2.75, 3.05) is 0 Å². The van der Waals surface area contributed by atoms with Crippen molar-refractivity contribution in [1.82, 2.24) is 0 Å². The Bertz CT molecular complexity index is 445. The van der Waals surface area contributed by atoms with Crippen molar-refractivity contribution in [1.29, 1.82) is 0 Å². The molecule has 0 saturated carbocycles. The number of halogens is 1. The molecule has 0 fully saturated rings. The molecule has 0 spiro atoms. The Morgan fingerprint density at radius 2 is 2.00 bits per heavy atom. The highest BCUT2D eigenvalue weighted by Gasteiger charge is 2.07. The molecular weight excluding hydrogens is 248 g/mol. The minimum absolute atomic E-state index is 0.246. The Labute approximate surface area is 101 Å². The van der Waals surface area contributed by atoms with E-state index in [0.717, 1.165) is 14.1 Å². The van der Waals surface area contributed by atoms with Gasteiger partial charge < -0.3 is 0 Å². The van der Waals surface area contributed by atoms with E-state index in [1.165, 1.54) is 11.3 Å². The zero-order valence-electron chi connectivity index (χ0n) is 7.90. The number of hydrogen-bond acceptors (Lipinski definition) is 3. The van der Waals surface area contributed by atoms with E-state index in [0.29, 0.717) is 12.8 Å². The molecule has 1 nitrogen and oxygen atoms in total. The smallest absolute Gasteiger partial charge is 0.143 e. The molecule has 2 rings (SSSR count). The van der Waals surface area contributed by atoms with Gasteiger partial charge in [-0.3, -0.25) is 4.79 Å². The van der Waals surface area contributed by atoms with Crippen LogP contribution in [-0.2, 0) is 17.6 Å². The molecule has 15 heavy (non-hydrogen) atoms. The Kier molecular flexibility index (Phi) is 3.57. The second-order valence-electron chi connectivity index (χ2n) is 3.18. The zero-order chi connectivity index (χ0) is 10.7. The van der Waals surface area contributed by atoms with Crippen LogP contribution < -0.4 is 0 Å². The third-order valence-corrected chi connectivity index (χ3v) is 4.06. The largest absolute Gasteiger partial charge is 0.299 e. The third-order valence-electron chi connectivity index (χ3n) is 1.95. The van der Waals surface area contributed by atoms with Crippen LogP contribution in [0.4, 0.5) is 0 Å². The van der Waals surface area contributed by atoms with Crippen molar-refractivity contribution < 1.29 is 4.79 Å². The molecule has 78 valence electrons. The van der Waals surface area contributed by atoms with Crippen LogP contribution in [0.3, 0.4) is 0 Å². The summed E-state index contributed by atoms with van der Waals surface area (Å²) in [6.07, 6.45) is 1.03. The van der Waals surface area contributed by atoms with E-state index in [1.807, 2.05) is 29.6 Å². The van der Waals surface area contributed by atoms with Crippen molar-refractivity contribution in [3.05, 3.63) is 43.7 Å². The summed E-state index contributed by atoms with van der Waals surface area (Å²) >= 11 is 8.90. The first-order valence-corrected chi connectivity index (χ1v) is 6.60. The lowest BCUT2D eigenvalue weighted by Crippen LogP contribution is -2.03. The number of hydrogen-bond donors (Lipinski definition) is 0. The van der Waals surface area contributed by atoms with E-state index in [9.17, 15) is 4.79 Å². The van der Waals surface area contributed by atoms with Gasteiger partial charge in [-0.25, -0.2) is 0 Å². The maximum atomic E-state index is 11.7. The van der Waals surface area contributed by atoms with Crippen LogP contribution in [0.15, 0.2) is 29.6 Å². The molecule has 0 atom stereocenters. The van der Waals surface area contributed by atoms with Crippen LogP contribution in [0.25, 0.3) is 0 Å². The predicted octanol–water partition coefficient (Wildman–Crippen LogP) is 3.82. The monoisotopic (exact) mass is 256 g/mol. The minimum Gasteiger partial charge on any atom is -0.299 e. The van der Waals surface area contributed by atoms with Crippen LogP contribution in [-0.4, -0.2) is 5.78 Å². The molecule has 0 N–H and O–H groups in total. The van der Waals surface area contributed by atoms with E-state index in [-0.39, 0.29) is 5.78 Å². The maximum absolute atomic E-state index is 11.7. The normalized spacial score (nSPS) is 10.5. The summed E-state index contributed by atoms with van der Waals surface area (Å²) in [6.45, 7) is 0. The highest BCUT2D eigenvalue weighted by Crippen LogP contribution is 2.22. The Morgan fingerprint density at radius 1 is 1.20 bits per heavy atom. The highest BCUT2D eigenvalue weighted by atomic mass is 35.5. The summed E-state index contributed by atoms with van der Waals surface area (Å²) in [7, 11) is 0. The van der Waals surface area contributed by atoms with E-state index in [2.05, 4.69) is 0 Å². The van der Waals surface area contributed by atoms with Gasteiger partial charge in [-0.15, -0.1) is 22.7 Å². The Balaban J connectivity index is 1.93. The fraction of sp³-hybridized carbons (Fsp3) is 0.182. The zero-order valence-corrected chi connectivity index (χ0v) is 10.3. The third kappa shape index (κ3) is 3.16. The summed E-state index contributed by atoms with van der Waals surface area (Å²) in [6, 6.07) is 7.71. The molecule has 0 aliphatic carbocycles. The van der Waals surface area contributed by atoms with Crippen LogP contribution >= 0.6 is 34.3 Å². The number of ketones is 1. The van der Waals surface area contributed by atoms with E-state index in [1.54, 1.807) is 11.3 Å². The number of carbonyl (C=O) groups is 1. The number of thiophene rings is 2. The molecule has 0 bridgehead atoms. The molecule has 4 heteroatoms. The average molecular weight is 257 g/mol. The summed E-state index contributed by atoms with van der Waals surface area (Å²) in [5.74, 6) is 0.246. The summed E-state index contributed by atoms with van der Waals surface area (Å²) in [5, 5.41) is 1.99. The van der Waals surface area contributed by atoms with Crippen molar-refractivity contribution >= 4 is 40.1 Å². The van der Waals surface area contributed by atoms with Gasteiger partial charge in [0.15, 0.2) is 0 Å². The first-order chi connectivity index (χ1) is 7.24. The van der Waals surface area contributed by atoms with Gasteiger partial charge in [-0.1, -0.05) is 17.7 Å². The molecule has 0 aliphatic rings. The topological polar surface area (TPSA) is 17.1 Å². The molecule has 2 aromatic heterocycles. The first-order valence-electron chi connectivity index (χ1n) is 4.52. The van der Waals surface area contributed by atoms with Gasteiger partial charge in [0.1, 0.15) is 5.78 Å². The Morgan fingerprint density at radius 3 is 2.60 bits per heavy atom. The lowest BCUT2D eigenvalue weighted by Gasteiger charge is -1.95. The Hall–Kier alpha value is -0.640. The summed E-state index contributed by atoms with van der Waals surface area (Å²) in [4.78, 5) is 13.8. The highest BCUT2D eigenvalue weighted by molar-refractivity contribution is 7.16. The van der Waals surface area contributed by atoms with Crippen LogP contribution in [0, 0.1) is 0 Å². The van der Waals surface area contributed by atoms with E-state index in [4.69, 9.17) is 11.6 Å². The SMILES string of the molecule is O=C(Cc1cccs1)Cc1ccc(Cl)s1. The molecule has 2 heterocycles. The number of Topliss-reactive ketones (excluding diaryl/α,β-unsaturated/α-hetero) is 1. The van der Waals surface area contributed by atoms with Gasteiger partial charge in [0.25, 0.3) is 0 Å². The number of rotatable bonds is 4. The van der Waals surface area contributed by atoms with Gasteiger partial charge in [0.05, 0.1) is 4.34 Å². The maximum Gasteiger partial charge on any atom is 0.143 e. The quantitative estimate of drug-likeness (QED) is 0.813. The minimum atomic E-state index is 0.246. The van der Waals surface area contributed by atoms with Gasteiger partial charge >= 0.3 is 0 Å². The molecule has 0 amide bonds. The van der Waals surface area contributed by atoms with Crippen LogP contribution in [0.2, 0.25) is 4.34 Å². The fourth-order valence-electron chi connectivity index (χ4n) is 1.31. The molecular formula is C11H9ClOS2.